The summed E-state index contributed by atoms with van der Waals surface area (Å²) in [5, 5.41) is 14.8. The summed E-state index contributed by atoms with van der Waals surface area (Å²) in [6.07, 6.45) is 2.42. The number of likely N-dealkylation sites (tertiary alicyclic amines) is 1. The molecule has 3 aliphatic rings. The minimum absolute atomic E-state index is 0.273. The summed E-state index contributed by atoms with van der Waals surface area (Å²) in [5.41, 5.74) is 2.71. The predicted octanol–water partition coefficient (Wildman–Crippen LogP) is 2.10. The Hall–Kier alpha value is -1.54. The van der Waals surface area contributed by atoms with Crippen molar-refractivity contribution in [1.82, 2.24) is 15.1 Å². The van der Waals surface area contributed by atoms with Gasteiger partial charge in [-0.1, -0.05) is 23.9 Å². The lowest BCUT2D eigenvalue weighted by atomic mass is 10.0. The fourth-order valence-corrected chi connectivity index (χ4v) is 4.93. The van der Waals surface area contributed by atoms with Crippen LogP contribution in [0.5, 0.6) is 0 Å². The van der Waals surface area contributed by atoms with Crippen LogP contribution in [-0.4, -0.2) is 71.8 Å². The summed E-state index contributed by atoms with van der Waals surface area (Å²) in [4.78, 5) is 16.1. The van der Waals surface area contributed by atoms with E-state index in [0.29, 0.717) is 11.6 Å². The van der Waals surface area contributed by atoms with E-state index in [1.807, 2.05) is 12.1 Å². The van der Waals surface area contributed by atoms with Crippen molar-refractivity contribution >= 4 is 23.4 Å². The van der Waals surface area contributed by atoms with E-state index in [9.17, 15) is 4.79 Å². The highest BCUT2D eigenvalue weighted by molar-refractivity contribution is 8.03. The number of hydrogen-bond acceptors (Lipinski definition) is 6. The minimum atomic E-state index is -0.889. The number of nitrogens with zero attached hydrogens (tertiary/aromatic N) is 2. The van der Waals surface area contributed by atoms with E-state index in [0.717, 1.165) is 50.7 Å². The summed E-state index contributed by atoms with van der Waals surface area (Å²) in [5.74, 6) is -0.889. The molecule has 1 unspecified atom stereocenters. The molecular weight excluding hydrogens is 350 g/mol. The Kier molecular flexibility index (Phi) is 5.49. The van der Waals surface area contributed by atoms with Crippen molar-refractivity contribution in [3.8, 4) is 0 Å². The van der Waals surface area contributed by atoms with Crippen LogP contribution < -0.4 is 5.32 Å². The second kappa shape index (κ2) is 8.00. The Morgan fingerprint density at radius 1 is 1.08 bits per heavy atom. The number of aromatic carboxylic acids is 1. The molecule has 1 aromatic rings. The molecule has 26 heavy (non-hydrogen) atoms. The summed E-state index contributed by atoms with van der Waals surface area (Å²) in [7, 11) is 0. The Morgan fingerprint density at radius 2 is 1.77 bits per heavy atom. The van der Waals surface area contributed by atoms with Crippen LogP contribution in [0.4, 0.5) is 0 Å². The van der Waals surface area contributed by atoms with Gasteiger partial charge in [-0.2, -0.15) is 0 Å². The molecular formula is C19H25N3O3S. The number of rotatable bonds is 4. The van der Waals surface area contributed by atoms with Crippen molar-refractivity contribution in [2.24, 2.45) is 0 Å². The second-order valence-corrected chi connectivity index (χ2v) is 7.92. The number of piperidine rings is 1. The maximum Gasteiger partial charge on any atom is 0.335 e. The number of carboxylic acid groups (broad SMARTS) is 1. The van der Waals surface area contributed by atoms with Gasteiger partial charge in [-0.15, -0.1) is 0 Å². The fraction of sp³-hybridized carbons (Fsp3) is 0.526. The van der Waals surface area contributed by atoms with Gasteiger partial charge >= 0.3 is 5.97 Å². The third-order valence-electron chi connectivity index (χ3n) is 5.43. The minimum Gasteiger partial charge on any atom is -0.478 e. The molecule has 2 saturated heterocycles. The van der Waals surface area contributed by atoms with Gasteiger partial charge in [0.25, 0.3) is 0 Å². The quantitative estimate of drug-likeness (QED) is 0.835. The Labute approximate surface area is 158 Å². The molecule has 0 spiro atoms. The number of benzene rings is 1. The average molecular weight is 375 g/mol. The molecule has 1 aromatic carbocycles. The van der Waals surface area contributed by atoms with Crippen LogP contribution in [0.1, 0.15) is 28.8 Å². The Bertz CT molecular complexity index is 665. The van der Waals surface area contributed by atoms with Gasteiger partial charge in [0.2, 0.25) is 0 Å². The van der Waals surface area contributed by atoms with Gasteiger partial charge in [-0.25, -0.2) is 4.79 Å². The van der Waals surface area contributed by atoms with Gasteiger partial charge in [0.05, 0.1) is 18.8 Å². The molecule has 0 aromatic heterocycles. The SMILES string of the molecule is O=C(O)c1ccc(C2=CSC(N3CCC(N4CCOCC4)CC3)N2)cc1. The van der Waals surface area contributed by atoms with Crippen molar-refractivity contribution in [2.75, 3.05) is 39.4 Å². The van der Waals surface area contributed by atoms with Crippen LogP contribution in [0.15, 0.2) is 29.7 Å². The van der Waals surface area contributed by atoms with Crippen LogP contribution in [0.3, 0.4) is 0 Å². The largest absolute Gasteiger partial charge is 0.478 e. The van der Waals surface area contributed by atoms with Crippen LogP contribution in [-0.2, 0) is 4.74 Å². The molecule has 0 radical (unpaired) electrons. The molecule has 0 aliphatic carbocycles. The van der Waals surface area contributed by atoms with Crippen LogP contribution in [0.25, 0.3) is 5.70 Å². The summed E-state index contributed by atoms with van der Waals surface area (Å²) in [6.45, 7) is 6.08. The molecule has 4 rings (SSSR count). The number of ether oxygens (including phenoxy) is 1. The van der Waals surface area contributed by atoms with Gasteiger partial charge in [0.15, 0.2) is 0 Å². The normalized spacial score (nSPS) is 25.7. The molecule has 0 bridgehead atoms. The highest BCUT2D eigenvalue weighted by Gasteiger charge is 2.31. The lowest BCUT2D eigenvalue weighted by Gasteiger charge is -2.41. The number of hydrogen-bond donors (Lipinski definition) is 2. The fourth-order valence-electron chi connectivity index (χ4n) is 3.88. The maximum atomic E-state index is 11.0. The van der Waals surface area contributed by atoms with E-state index in [1.54, 1.807) is 23.9 Å². The Balaban J connectivity index is 1.29. The van der Waals surface area contributed by atoms with Crippen molar-refractivity contribution < 1.29 is 14.6 Å². The molecule has 140 valence electrons. The van der Waals surface area contributed by atoms with E-state index in [4.69, 9.17) is 9.84 Å². The molecule has 6 nitrogen and oxygen atoms in total. The summed E-state index contributed by atoms with van der Waals surface area (Å²) >= 11 is 1.80. The van der Waals surface area contributed by atoms with Gasteiger partial charge in [-0.3, -0.25) is 9.80 Å². The number of carboxylic acids is 1. The Morgan fingerprint density at radius 3 is 2.42 bits per heavy atom. The smallest absolute Gasteiger partial charge is 0.335 e. The van der Waals surface area contributed by atoms with Gasteiger partial charge in [0, 0.05) is 37.9 Å². The molecule has 1 atom stereocenters. The van der Waals surface area contributed by atoms with E-state index < -0.39 is 5.97 Å². The first-order chi connectivity index (χ1) is 12.7. The van der Waals surface area contributed by atoms with E-state index in [-0.39, 0.29) is 5.50 Å². The van der Waals surface area contributed by atoms with Crippen LogP contribution in [0.2, 0.25) is 0 Å². The lowest BCUT2D eigenvalue weighted by molar-refractivity contribution is -0.000402. The number of carbonyl (C=O) groups is 1. The summed E-state index contributed by atoms with van der Waals surface area (Å²) < 4.78 is 5.46. The maximum absolute atomic E-state index is 11.0. The lowest BCUT2D eigenvalue weighted by Crippen LogP contribution is -2.52. The number of nitrogens with one attached hydrogen (secondary N) is 1. The van der Waals surface area contributed by atoms with E-state index in [2.05, 4.69) is 20.5 Å². The zero-order valence-electron chi connectivity index (χ0n) is 14.8. The summed E-state index contributed by atoms with van der Waals surface area (Å²) in [6, 6.07) is 7.75. The third kappa shape index (κ3) is 3.91. The number of morpholine rings is 1. The predicted molar refractivity (Wildman–Crippen MR) is 103 cm³/mol. The van der Waals surface area contributed by atoms with Crippen molar-refractivity contribution in [3.05, 3.63) is 40.8 Å². The first kappa shape index (κ1) is 17.9. The molecule has 2 N–H and O–H groups in total. The van der Waals surface area contributed by atoms with Gasteiger partial charge < -0.3 is 15.2 Å². The van der Waals surface area contributed by atoms with E-state index >= 15 is 0 Å². The second-order valence-electron chi connectivity index (χ2n) is 6.96. The van der Waals surface area contributed by atoms with Gasteiger partial charge in [-0.05, 0) is 35.9 Å². The highest BCUT2D eigenvalue weighted by atomic mass is 32.2. The van der Waals surface area contributed by atoms with Gasteiger partial charge in [0.1, 0.15) is 5.50 Å². The van der Waals surface area contributed by atoms with Crippen molar-refractivity contribution in [3.63, 3.8) is 0 Å². The molecule has 3 heterocycles. The highest BCUT2D eigenvalue weighted by Crippen LogP contribution is 2.31. The zero-order valence-corrected chi connectivity index (χ0v) is 15.6. The molecule has 0 amide bonds. The monoisotopic (exact) mass is 375 g/mol. The zero-order chi connectivity index (χ0) is 17.9. The molecule has 7 heteroatoms. The number of thioether (sulfide) groups is 1. The van der Waals surface area contributed by atoms with Crippen LogP contribution in [0, 0.1) is 0 Å². The standard InChI is InChI=1S/C19H25N3O3S/c23-18(24)15-3-1-14(2-4-15)17-13-26-19(20-17)22-7-5-16(6-8-22)21-9-11-25-12-10-21/h1-4,13,16,19-20H,5-12H2,(H,23,24). The topological polar surface area (TPSA) is 65.0 Å². The van der Waals surface area contributed by atoms with Crippen LogP contribution >= 0.6 is 11.8 Å². The van der Waals surface area contributed by atoms with E-state index in [1.165, 1.54) is 12.8 Å². The molecule has 0 saturated carbocycles. The first-order valence-electron chi connectivity index (χ1n) is 9.22. The molecule has 2 fully saturated rings. The third-order valence-corrected chi connectivity index (χ3v) is 6.47. The van der Waals surface area contributed by atoms with Crippen molar-refractivity contribution in [1.29, 1.82) is 0 Å². The molecule has 3 aliphatic heterocycles. The first-order valence-corrected chi connectivity index (χ1v) is 10.2. The average Bonchev–Trinajstić information content (AvgIpc) is 3.19. The van der Waals surface area contributed by atoms with Crippen molar-refractivity contribution in [2.45, 2.75) is 24.4 Å².